The molecule has 1 aliphatic rings. The monoisotopic (exact) mass is 322 g/mol. The molecular weight excluding hydrogens is 304 g/mol. The molecule has 0 aliphatic carbocycles. The number of fused-ring (bicyclic) bond motifs is 2. The quantitative estimate of drug-likeness (QED) is 0.776. The van der Waals surface area contributed by atoms with Gasteiger partial charge in [0.25, 0.3) is 5.91 Å². The molecule has 4 rings (SSSR count). The predicted molar refractivity (Wildman–Crippen MR) is 90.3 cm³/mol. The highest BCUT2D eigenvalue weighted by Crippen LogP contribution is 2.32. The van der Waals surface area contributed by atoms with Gasteiger partial charge in [-0.3, -0.25) is 4.79 Å². The molecule has 1 aromatic carbocycles. The number of carbonyl (C=O) groups excluding carboxylic acids is 1. The summed E-state index contributed by atoms with van der Waals surface area (Å²) in [6.45, 7) is 3.13. The molecule has 0 saturated heterocycles. The molecular formula is C18H18N4O2. The second kappa shape index (κ2) is 5.96. The highest BCUT2D eigenvalue weighted by molar-refractivity contribution is 5.96. The Kier molecular flexibility index (Phi) is 3.65. The average molecular weight is 322 g/mol. The zero-order valence-electron chi connectivity index (χ0n) is 13.4. The number of aryl methyl sites for hydroxylation is 1. The summed E-state index contributed by atoms with van der Waals surface area (Å²) in [4.78, 5) is 24.0. The highest BCUT2D eigenvalue weighted by Gasteiger charge is 2.21. The number of imidazole rings is 1. The first-order valence-electron chi connectivity index (χ1n) is 8.03. The van der Waals surface area contributed by atoms with E-state index in [9.17, 15) is 4.79 Å². The lowest BCUT2D eigenvalue weighted by atomic mass is 9.93. The van der Waals surface area contributed by atoms with Crippen LogP contribution in [0.3, 0.4) is 0 Å². The number of nitrogens with one attached hydrogen (secondary N) is 2. The SMILES string of the molecule is Cc1nc2ncc(C(=O)NC[C@H]3CCOc4ccccc43)cc2[nH]1. The van der Waals surface area contributed by atoms with Gasteiger partial charge in [-0.2, -0.15) is 0 Å². The van der Waals surface area contributed by atoms with E-state index in [0.717, 1.165) is 29.1 Å². The number of carbonyl (C=O) groups is 1. The van der Waals surface area contributed by atoms with Crippen LogP contribution in [0.15, 0.2) is 36.5 Å². The van der Waals surface area contributed by atoms with Crippen LogP contribution < -0.4 is 10.1 Å². The second-order valence-corrected chi connectivity index (χ2v) is 6.00. The van der Waals surface area contributed by atoms with Crippen LogP contribution in [-0.2, 0) is 0 Å². The van der Waals surface area contributed by atoms with Crippen molar-refractivity contribution in [2.45, 2.75) is 19.3 Å². The van der Waals surface area contributed by atoms with Crippen LogP contribution in [0.25, 0.3) is 11.2 Å². The molecule has 24 heavy (non-hydrogen) atoms. The van der Waals surface area contributed by atoms with E-state index in [2.05, 4.69) is 26.3 Å². The molecule has 1 amide bonds. The number of nitrogens with zero attached hydrogens (tertiary/aromatic N) is 2. The molecule has 0 unspecified atom stereocenters. The third-order valence-electron chi connectivity index (χ3n) is 4.31. The predicted octanol–water partition coefficient (Wildman–Crippen LogP) is 2.56. The smallest absolute Gasteiger partial charge is 0.252 e. The van der Waals surface area contributed by atoms with Crippen LogP contribution in [0.5, 0.6) is 5.75 Å². The van der Waals surface area contributed by atoms with Crippen molar-refractivity contribution in [1.29, 1.82) is 0 Å². The fourth-order valence-corrected chi connectivity index (χ4v) is 3.09. The molecule has 2 N–H and O–H groups in total. The topological polar surface area (TPSA) is 79.9 Å². The number of aromatic nitrogens is 3. The summed E-state index contributed by atoms with van der Waals surface area (Å²) in [5, 5.41) is 3.01. The molecule has 122 valence electrons. The standard InChI is InChI=1S/C18H18N4O2/c1-11-21-15-8-13(10-19-17(15)22-11)18(23)20-9-12-6-7-24-16-5-3-2-4-14(12)16/h2-5,8,10,12H,6-7,9H2,1H3,(H,20,23)(H,19,21,22)/t12-/m1/s1. The van der Waals surface area contributed by atoms with Crippen molar-refractivity contribution in [3.05, 3.63) is 53.5 Å². The van der Waals surface area contributed by atoms with E-state index in [1.807, 2.05) is 25.1 Å². The third-order valence-corrected chi connectivity index (χ3v) is 4.31. The Morgan fingerprint density at radius 2 is 2.29 bits per heavy atom. The Bertz CT molecular complexity index is 903. The lowest BCUT2D eigenvalue weighted by Gasteiger charge is -2.26. The minimum atomic E-state index is -0.124. The van der Waals surface area contributed by atoms with Gasteiger partial charge < -0.3 is 15.0 Å². The number of rotatable bonds is 3. The maximum absolute atomic E-state index is 12.4. The number of amides is 1. The van der Waals surface area contributed by atoms with Gasteiger partial charge in [0.05, 0.1) is 17.7 Å². The van der Waals surface area contributed by atoms with Gasteiger partial charge in [-0.05, 0) is 31.0 Å². The number of benzene rings is 1. The minimum absolute atomic E-state index is 0.124. The zero-order valence-corrected chi connectivity index (χ0v) is 13.4. The van der Waals surface area contributed by atoms with Gasteiger partial charge in [-0.25, -0.2) is 9.97 Å². The molecule has 0 fully saturated rings. The fraction of sp³-hybridized carbons (Fsp3) is 0.278. The second-order valence-electron chi connectivity index (χ2n) is 6.00. The Labute approximate surface area is 139 Å². The van der Waals surface area contributed by atoms with Crippen molar-refractivity contribution in [3.63, 3.8) is 0 Å². The summed E-state index contributed by atoms with van der Waals surface area (Å²) in [6, 6.07) is 9.79. The van der Waals surface area contributed by atoms with Crippen molar-refractivity contribution >= 4 is 17.1 Å². The van der Waals surface area contributed by atoms with E-state index in [-0.39, 0.29) is 11.8 Å². The minimum Gasteiger partial charge on any atom is -0.493 e. The molecule has 3 aromatic rings. The molecule has 6 heteroatoms. The van der Waals surface area contributed by atoms with Gasteiger partial charge in [0.15, 0.2) is 5.65 Å². The van der Waals surface area contributed by atoms with Gasteiger partial charge in [-0.1, -0.05) is 18.2 Å². The van der Waals surface area contributed by atoms with Gasteiger partial charge in [0, 0.05) is 18.7 Å². The third kappa shape index (κ3) is 2.71. The number of aromatic amines is 1. The van der Waals surface area contributed by atoms with Gasteiger partial charge in [0.1, 0.15) is 11.6 Å². The maximum atomic E-state index is 12.4. The van der Waals surface area contributed by atoms with Crippen molar-refractivity contribution in [2.75, 3.05) is 13.2 Å². The molecule has 3 heterocycles. The Morgan fingerprint density at radius 1 is 1.42 bits per heavy atom. The number of hydrogen-bond acceptors (Lipinski definition) is 4. The van der Waals surface area contributed by atoms with Crippen molar-refractivity contribution in [3.8, 4) is 5.75 Å². The van der Waals surface area contributed by atoms with Gasteiger partial charge in [0.2, 0.25) is 0 Å². The summed E-state index contributed by atoms with van der Waals surface area (Å²) >= 11 is 0. The van der Waals surface area contributed by atoms with E-state index in [4.69, 9.17) is 4.74 Å². The van der Waals surface area contributed by atoms with Gasteiger partial charge in [-0.15, -0.1) is 0 Å². The van der Waals surface area contributed by atoms with Crippen LogP contribution in [0.4, 0.5) is 0 Å². The number of H-pyrrole nitrogens is 1. The summed E-state index contributed by atoms with van der Waals surface area (Å²) in [5.74, 6) is 1.85. The van der Waals surface area contributed by atoms with E-state index in [1.54, 1.807) is 12.3 Å². The van der Waals surface area contributed by atoms with E-state index < -0.39 is 0 Å². The molecule has 0 bridgehead atoms. The van der Waals surface area contributed by atoms with Crippen LogP contribution >= 0.6 is 0 Å². The first-order valence-corrected chi connectivity index (χ1v) is 8.03. The number of hydrogen-bond donors (Lipinski definition) is 2. The first-order chi connectivity index (χ1) is 11.7. The lowest BCUT2D eigenvalue weighted by molar-refractivity contribution is 0.0948. The van der Waals surface area contributed by atoms with Crippen LogP contribution in [0, 0.1) is 6.92 Å². The van der Waals surface area contributed by atoms with Crippen LogP contribution in [-0.4, -0.2) is 34.0 Å². The van der Waals surface area contributed by atoms with E-state index in [1.165, 1.54) is 0 Å². The molecule has 2 aromatic heterocycles. The molecule has 1 atom stereocenters. The first kappa shape index (κ1) is 14.7. The molecule has 6 nitrogen and oxygen atoms in total. The molecule has 1 aliphatic heterocycles. The Morgan fingerprint density at radius 3 is 3.21 bits per heavy atom. The van der Waals surface area contributed by atoms with Crippen LogP contribution in [0.1, 0.15) is 34.1 Å². The molecule has 0 saturated carbocycles. The summed E-state index contributed by atoms with van der Waals surface area (Å²) < 4.78 is 5.66. The Balaban J connectivity index is 1.48. The van der Waals surface area contributed by atoms with Gasteiger partial charge >= 0.3 is 0 Å². The normalized spacial score (nSPS) is 16.5. The average Bonchev–Trinajstić information content (AvgIpc) is 2.98. The van der Waals surface area contributed by atoms with E-state index in [0.29, 0.717) is 24.4 Å². The largest absolute Gasteiger partial charge is 0.493 e. The van der Waals surface area contributed by atoms with Crippen LogP contribution in [0.2, 0.25) is 0 Å². The van der Waals surface area contributed by atoms with Crippen molar-refractivity contribution in [2.24, 2.45) is 0 Å². The zero-order chi connectivity index (χ0) is 16.5. The van der Waals surface area contributed by atoms with Crippen molar-refractivity contribution in [1.82, 2.24) is 20.3 Å². The molecule has 0 spiro atoms. The summed E-state index contributed by atoms with van der Waals surface area (Å²) in [6.07, 6.45) is 2.46. The molecule has 0 radical (unpaired) electrons. The maximum Gasteiger partial charge on any atom is 0.252 e. The Hall–Kier alpha value is -2.89. The lowest BCUT2D eigenvalue weighted by Crippen LogP contribution is -2.30. The number of para-hydroxylation sites is 1. The summed E-state index contributed by atoms with van der Waals surface area (Å²) in [5.41, 5.74) is 3.09. The number of ether oxygens (including phenoxy) is 1. The fourth-order valence-electron chi connectivity index (χ4n) is 3.09. The van der Waals surface area contributed by atoms with E-state index >= 15 is 0 Å². The highest BCUT2D eigenvalue weighted by atomic mass is 16.5. The van der Waals surface area contributed by atoms with Crippen molar-refractivity contribution < 1.29 is 9.53 Å². The number of pyridine rings is 1. The summed E-state index contributed by atoms with van der Waals surface area (Å²) in [7, 11) is 0.